The van der Waals surface area contributed by atoms with Crippen LogP contribution in [0.1, 0.15) is 18.9 Å². The average molecular weight is 290 g/mol. The second kappa shape index (κ2) is 5.48. The largest absolute Gasteiger partial charge is 0.411 e. The lowest BCUT2D eigenvalue weighted by molar-refractivity contribution is -0.131. The van der Waals surface area contributed by atoms with Gasteiger partial charge in [0, 0.05) is 30.3 Å². The molecule has 2 unspecified atom stereocenters. The Morgan fingerprint density at radius 1 is 1.45 bits per heavy atom. The van der Waals surface area contributed by atoms with Crippen molar-refractivity contribution in [3.8, 4) is 0 Å². The van der Waals surface area contributed by atoms with Gasteiger partial charge in [0.1, 0.15) is 0 Å². The fraction of sp³-hybridized carbons (Fsp3) is 0.467. The average Bonchev–Trinajstić information content (AvgIpc) is 2.90. The number of fused-ring (bicyclic) bond motifs is 1. The molecule has 1 saturated heterocycles. The second-order valence-corrected chi connectivity index (χ2v) is 6.69. The molecule has 0 aromatic heterocycles. The molecule has 3 rings (SSSR count). The van der Waals surface area contributed by atoms with Gasteiger partial charge < -0.3 is 10.1 Å². The van der Waals surface area contributed by atoms with E-state index in [1.54, 1.807) is 11.8 Å². The van der Waals surface area contributed by atoms with E-state index in [2.05, 4.69) is 17.3 Å². The Balaban J connectivity index is 1.67. The number of benzene rings is 1. The first kappa shape index (κ1) is 13.5. The summed E-state index contributed by atoms with van der Waals surface area (Å²) in [4.78, 5) is 15.8. The van der Waals surface area contributed by atoms with Crippen LogP contribution in [0.2, 0.25) is 0 Å². The fourth-order valence-electron chi connectivity index (χ4n) is 2.90. The molecule has 2 aliphatic heterocycles. The van der Waals surface area contributed by atoms with Crippen LogP contribution < -0.4 is 0 Å². The molecule has 5 heteroatoms. The minimum Gasteiger partial charge on any atom is -0.411 e. The summed E-state index contributed by atoms with van der Waals surface area (Å²) in [6.07, 6.45) is 1.50. The second-order valence-electron chi connectivity index (χ2n) is 5.44. The number of carbonyl (C=O) groups is 1. The van der Waals surface area contributed by atoms with Gasteiger partial charge in [-0.05, 0) is 18.1 Å². The molecule has 0 aliphatic carbocycles. The minimum atomic E-state index is 0.00668. The Morgan fingerprint density at radius 2 is 2.25 bits per heavy atom. The molecule has 2 aliphatic rings. The van der Waals surface area contributed by atoms with E-state index in [4.69, 9.17) is 5.21 Å². The normalized spacial score (nSPS) is 27.6. The smallest absolute Gasteiger partial charge is 0.236 e. The van der Waals surface area contributed by atoms with E-state index < -0.39 is 0 Å². The van der Waals surface area contributed by atoms with E-state index in [0.717, 1.165) is 12.1 Å². The van der Waals surface area contributed by atoms with E-state index in [-0.39, 0.29) is 17.1 Å². The van der Waals surface area contributed by atoms with Crippen LogP contribution in [0.5, 0.6) is 0 Å². The first-order valence-corrected chi connectivity index (χ1v) is 7.81. The number of rotatable bonds is 1. The summed E-state index contributed by atoms with van der Waals surface area (Å²) in [7, 11) is 0. The lowest BCUT2D eigenvalue weighted by Crippen LogP contribution is -2.46. The predicted molar refractivity (Wildman–Crippen MR) is 79.4 cm³/mol. The topological polar surface area (TPSA) is 52.9 Å². The molecule has 106 valence electrons. The molecular formula is C15H18N2O2S. The zero-order valence-electron chi connectivity index (χ0n) is 11.5. The molecular weight excluding hydrogens is 272 g/mol. The standard InChI is InChI=1S/C15H18N2O2S/c1-10-9-17(7-6-12(10)16-19)15(18)14-8-11-4-2-3-5-13(11)20-14/h2-5,10,14,19H,6-9H2,1H3/b16-12+. The number of piperidine rings is 1. The monoisotopic (exact) mass is 290 g/mol. The van der Waals surface area contributed by atoms with Gasteiger partial charge in [0.15, 0.2) is 0 Å². The summed E-state index contributed by atoms with van der Waals surface area (Å²) in [5.74, 6) is 0.363. The molecule has 0 bridgehead atoms. The molecule has 2 atom stereocenters. The molecule has 4 nitrogen and oxygen atoms in total. The summed E-state index contributed by atoms with van der Waals surface area (Å²) in [6.45, 7) is 3.33. The highest BCUT2D eigenvalue weighted by atomic mass is 32.2. The van der Waals surface area contributed by atoms with Crippen LogP contribution in [0, 0.1) is 5.92 Å². The van der Waals surface area contributed by atoms with Crippen molar-refractivity contribution in [2.24, 2.45) is 11.1 Å². The highest BCUT2D eigenvalue weighted by molar-refractivity contribution is 8.01. The first-order chi connectivity index (χ1) is 9.69. The fourth-order valence-corrected chi connectivity index (χ4v) is 4.17. The van der Waals surface area contributed by atoms with Gasteiger partial charge in [0.25, 0.3) is 0 Å². The van der Waals surface area contributed by atoms with Crippen LogP contribution in [0.3, 0.4) is 0 Å². The van der Waals surface area contributed by atoms with Gasteiger partial charge in [-0.25, -0.2) is 0 Å². The molecule has 1 aromatic carbocycles. The quantitative estimate of drug-likeness (QED) is 0.638. The number of oxime groups is 1. The van der Waals surface area contributed by atoms with E-state index in [1.165, 1.54) is 10.5 Å². The Hall–Kier alpha value is -1.49. The lowest BCUT2D eigenvalue weighted by Gasteiger charge is -2.33. The van der Waals surface area contributed by atoms with Crippen molar-refractivity contribution in [2.45, 2.75) is 29.9 Å². The molecule has 1 fully saturated rings. The van der Waals surface area contributed by atoms with E-state index in [9.17, 15) is 4.79 Å². The number of carbonyl (C=O) groups excluding carboxylic acids is 1. The maximum absolute atomic E-state index is 12.6. The molecule has 0 spiro atoms. The number of nitrogens with zero attached hydrogens (tertiary/aromatic N) is 2. The Bertz CT molecular complexity index is 534. The molecule has 0 radical (unpaired) electrons. The molecule has 1 N–H and O–H groups in total. The molecule has 0 saturated carbocycles. The van der Waals surface area contributed by atoms with E-state index in [0.29, 0.717) is 19.5 Å². The lowest BCUT2D eigenvalue weighted by atomic mass is 9.97. The molecule has 1 aromatic rings. The van der Waals surface area contributed by atoms with Crippen molar-refractivity contribution >= 4 is 23.4 Å². The van der Waals surface area contributed by atoms with Gasteiger partial charge in [-0.2, -0.15) is 0 Å². The minimum absolute atomic E-state index is 0.00668. The summed E-state index contributed by atoms with van der Waals surface area (Å²) >= 11 is 1.67. The Labute approximate surface area is 122 Å². The summed E-state index contributed by atoms with van der Waals surface area (Å²) in [5, 5.41) is 12.2. The van der Waals surface area contributed by atoms with Crippen molar-refractivity contribution in [1.82, 2.24) is 4.90 Å². The number of thioether (sulfide) groups is 1. The maximum Gasteiger partial charge on any atom is 0.236 e. The number of likely N-dealkylation sites (tertiary alicyclic amines) is 1. The Kier molecular flexibility index (Phi) is 3.70. The van der Waals surface area contributed by atoms with Gasteiger partial charge >= 0.3 is 0 Å². The maximum atomic E-state index is 12.6. The van der Waals surface area contributed by atoms with Crippen molar-refractivity contribution in [3.63, 3.8) is 0 Å². The van der Waals surface area contributed by atoms with Gasteiger partial charge in [-0.3, -0.25) is 4.79 Å². The van der Waals surface area contributed by atoms with Crippen LogP contribution in [0.15, 0.2) is 34.3 Å². The third-order valence-electron chi connectivity index (χ3n) is 4.06. The summed E-state index contributed by atoms with van der Waals surface area (Å²) in [6, 6.07) is 8.23. The number of hydrogen-bond donors (Lipinski definition) is 1. The van der Waals surface area contributed by atoms with Crippen LogP contribution in [0.4, 0.5) is 0 Å². The molecule has 20 heavy (non-hydrogen) atoms. The first-order valence-electron chi connectivity index (χ1n) is 6.93. The van der Waals surface area contributed by atoms with Gasteiger partial charge in [-0.1, -0.05) is 30.3 Å². The third-order valence-corrected chi connectivity index (χ3v) is 5.37. The van der Waals surface area contributed by atoms with Crippen LogP contribution >= 0.6 is 11.8 Å². The van der Waals surface area contributed by atoms with Crippen molar-refractivity contribution in [3.05, 3.63) is 29.8 Å². The van der Waals surface area contributed by atoms with Crippen molar-refractivity contribution < 1.29 is 10.0 Å². The van der Waals surface area contributed by atoms with Crippen molar-refractivity contribution in [2.75, 3.05) is 13.1 Å². The van der Waals surface area contributed by atoms with Gasteiger partial charge in [-0.15, -0.1) is 11.8 Å². The predicted octanol–water partition coefficient (Wildman–Crippen LogP) is 2.40. The van der Waals surface area contributed by atoms with E-state index in [1.807, 2.05) is 24.0 Å². The highest BCUT2D eigenvalue weighted by Gasteiger charge is 2.34. The number of hydrogen-bond acceptors (Lipinski definition) is 4. The van der Waals surface area contributed by atoms with Gasteiger partial charge in [0.05, 0.1) is 11.0 Å². The summed E-state index contributed by atoms with van der Waals surface area (Å²) < 4.78 is 0. The van der Waals surface area contributed by atoms with Gasteiger partial charge in [0.2, 0.25) is 5.91 Å². The highest BCUT2D eigenvalue weighted by Crippen LogP contribution is 2.37. The summed E-state index contributed by atoms with van der Waals surface area (Å²) in [5.41, 5.74) is 2.08. The zero-order valence-corrected chi connectivity index (χ0v) is 12.3. The number of amides is 1. The SMILES string of the molecule is CC1CN(C(=O)C2Cc3ccccc3S2)CC/C1=N\O. The van der Waals surface area contributed by atoms with E-state index >= 15 is 0 Å². The van der Waals surface area contributed by atoms with Crippen molar-refractivity contribution in [1.29, 1.82) is 0 Å². The van der Waals surface area contributed by atoms with Crippen LogP contribution in [0.25, 0.3) is 0 Å². The van der Waals surface area contributed by atoms with Crippen LogP contribution in [-0.4, -0.2) is 40.1 Å². The van der Waals surface area contributed by atoms with Crippen LogP contribution in [-0.2, 0) is 11.2 Å². The zero-order chi connectivity index (χ0) is 14.1. The molecule has 2 heterocycles. The molecule has 1 amide bonds. The Morgan fingerprint density at radius 3 is 2.95 bits per heavy atom. The third kappa shape index (κ3) is 2.42.